The van der Waals surface area contributed by atoms with Gasteiger partial charge in [-0.15, -0.1) is 0 Å². The molecule has 0 bridgehead atoms. The van der Waals surface area contributed by atoms with Crippen LogP contribution in [0.1, 0.15) is 68.2 Å². The van der Waals surface area contributed by atoms with Crippen LogP contribution in [0.5, 0.6) is 0 Å². The summed E-state index contributed by atoms with van der Waals surface area (Å²) in [7, 11) is 1.21. The van der Waals surface area contributed by atoms with E-state index in [2.05, 4.69) is 26.0 Å². The number of rotatable bonds is 10. The first kappa shape index (κ1) is 29.1. The standard InChI is InChI=1S/C21H38N4O7/c1-13(15(27)25-21(7,8)17(29)31-9)23-16(28)20(5,6)24-14(26)11-10-12-22-18(30)32-19(2,3)4/h13H,10-12H2,1-9H3,(H,22,30)(H,23,28)(H,24,26)(H,25,27). The quantitative estimate of drug-likeness (QED) is 0.278. The molecule has 4 N–H and O–H groups in total. The Morgan fingerprint density at radius 3 is 1.94 bits per heavy atom. The van der Waals surface area contributed by atoms with Crippen molar-refractivity contribution in [2.24, 2.45) is 0 Å². The molecule has 4 amide bonds. The third-order valence-corrected chi connectivity index (χ3v) is 4.14. The van der Waals surface area contributed by atoms with E-state index in [0.717, 1.165) is 0 Å². The zero-order chi connectivity index (χ0) is 25.3. The first-order chi connectivity index (χ1) is 14.4. The third kappa shape index (κ3) is 11.0. The lowest BCUT2D eigenvalue weighted by atomic mass is 10.0. The number of ether oxygens (including phenoxy) is 2. The van der Waals surface area contributed by atoms with Crippen molar-refractivity contribution in [1.29, 1.82) is 0 Å². The lowest BCUT2D eigenvalue weighted by Gasteiger charge is -2.29. The fourth-order valence-electron chi connectivity index (χ4n) is 2.39. The molecule has 0 aromatic heterocycles. The van der Waals surface area contributed by atoms with Crippen molar-refractivity contribution < 1.29 is 33.4 Å². The number of carbonyl (C=O) groups is 5. The summed E-state index contributed by atoms with van der Waals surface area (Å²) >= 11 is 0. The number of amides is 4. The van der Waals surface area contributed by atoms with Gasteiger partial charge in [0.25, 0.3) is 0 Å². The normalized spacial score (nSPS) is 12.8. The summed E-state index contributed by atoms with van der Waals surface area (Å²) in [6, 6.07) is -0.958. The summed E-state index contributed by atoms with van der Waals surface area (Å²) in [6.07, 6.45) is -0.139. The highest BCUT2D eigenvalue weighted by Gasteiger charge is 2.35. The van der Waals surface area contributed by atoms with E-state index in [1.807, 2.05) is 0 Å². The third-order valence-electron chi connectivity index (χ3n) is 4.14. The highest BCUT2D eigenvalue weighted by Crippen LogP contribution is 2.08. The van der Waals surface area contributed by atoms with Crippen molar-refractivity contribution in [1.82, 2.24) is 21.3 Å². The molecular formula is C21H38N4O7. The minimum absolute atomic E-state index is 0.0792. The molecule has 0 saturated carbocycles. The van der Waals surface area contributed by atoms with Crippen LogP contribution in [0.3, 0.4) is 0 Å². The minimum Gasteiger partial charge on any atom is -0.467 e. The van der Waals surface area contributed by atoms with Gasteiger partial charge < -0.3 is 30.7 Å². The van der Waals surface area contributed by atoms with Gasteiger partial charge in [0, 0.05) is 13.0 Å². The van der Waals surface area contributed by atoms with E-state index in [0.29, 0.717) is 6.42 Å². The molecule has 0 radical (unpaired) electrons. The Morgan fingerprint density at radius 1 is 0.875 bits per heavy atom. The molecule has 0 aromatic carbocycles. The number of hydrogen-bond donors (Lipinski definition) is 4. The smallest absolute Gasteiger partial charge is 0.407 e. The van der Waals surface area contributed by atoms with Crippen LogP contribution < -0.4 is 21.3 Å². The second-order valence-electron chi connectivity index (χ2n) is 9.51. The van der Waals surface area contributed by atoms with E-state index >= 15 is 0 Å². The van der Waals surface area contributed by atoms with Crippen LogP contribution in [0.15, 0.2) is 0 Å². The average Bonchev–Trinajstić information content (AvgIpc) is 2.62. The van der Waals surface area contributed by atoms with Gasteiger partial charge in [-0.1, -0.05) is 0 Å². The maximum atomic E-state index is 12.6. The molecule has 0 fully saturated rings. The summed E-state index contributed by atoms with van der Waals surface area (Å²) in [5.74, 6) is -2.17. The molecule has 0 spiro atoms. The van der Waals surface area contributed by atoms with E-state index in [4.69, 9.17) is 4.74 Å². The lowest BCUT2D eigenvalue weighted by Crippen LogP contribution is -2.60. The van der Waals surface area contributed by atoms with E-state index in [9.17, 15) is 24.0 Å². The number of carbonyl (C=O) groups excluding carboxylic acids is 5. The maximum Gasteiger partial charge on any atom is 0.407 e. The van der Waals surface area contributed by atoms with Gasteiger partial charge in [0.15, 0.2) is 0 Å². The number of hydrogen-bond acceptors (Lipinski definition) is 7. The Bertz CT molecular complexity index is 711. The summed E-state index contributed by atoms with van der Waals surface area (Å²) in [5.41, 5.74) is -3.16. The molecule has 0 aliphatic carbocycles. The molecule has 1 unspecified atom stereocenters. The minimum atomic E-state index is -1.29. The van der Waals surface area contributed by atoms with Gasteiger partial charge in [-0.2, -0.15) is 0 Å². The number of esters is 1. The molecule has 11 heteroatoms. The molecule has 0 heterocycles. The fraction of sp³-hybridized carbons (Fsp3) is 0.762. The summed E-state index contributed by atoms with van der Waals surface area (Å²) < 4.78 is 9.73. The second kappa shape index (κ2) is 11.7. The summed E-state index contributed by atoms with van der Waals surface area (Å²) in [4.78, 5) is 60.3. The Labute approximate surface area is 189 Å². The zero-order valence-electron chi connectivity index (χ0n) is 20.6. The Morgan fingerprint density at radius 2 is 1.44 bits per heavy atom. The topological polar surface area (TPSA) is 152 Å². The van der Waals surface area contributed by atoms with Gasteiger partial charge in [0.2, 0.25) is 17.7 Å². The van der Waals surface area contributed by atoms with Crippen molar-refractivity contribution in [2.45, 2.75) is 91.0 Å². The Balaban J connectivity index is 4.56. The monoisotopic (exact) mass is 458 g/mol. The van der Waals surface area contributed by atoms with Crippen LogP contribution in [0.2, 0.25) is 0 Å². The van der Waals surface area contributed by atoms with Gasteiger partial charge in [0.1, 0.15) is 22.7 Å². The molecule has 11 nitrogen and oxygen atoms in total. The van der Waals surface area contributed by atoms with Crippen molar-refractivity contribution in [3.05, 3.63) is 0 Å². The average molecular weight is 459 g/mol. The number of alkyl carbamates (subject to hydrolysis) is 1. The summed E-state index contributed by atoms with van der Waals surface area (Å²) in [6.45, 7) is 12.9. The number of nitrogens with one attached hydrogen (secondary N) is 4. The predicted molar refractivity (Wildman–Crippen MR) is 118 cm³/mol. The highest BCUT2D eigenvalue weighted by atomic mass is 16.6. The fourth-order valence-corrected chi connectivity index (χ4v) is 2.39. The molecule has 1 atom stereocenters. The van der Waals surface area contributed by atoms with Crippen molar-refractivity contribution >= 4 is 29.8 Å². The van der Waals surface area contributed by atoms with Gasteiger partial charge >= 0.3 is 12.1 Å². The Kier molecular flexibility index (Phi) is 10.6. The number of methoxy groups -OCH3 is 1. The van der Waals surface area contributed by atoms with Crippen LogP contribution in [0, 0.1) is 0 Å². The summed E-state index contributed by atoms with van der Waals surface area (Å²) in [5, 5.41) is 10.2. The maximum absolute atomic E-state index is 12.6. The Hall–Kier alpha value is -2.85. The zero-order valence-corrected chi connectivity index (χ0v) is 20.6. The van der Waals surface area contributed by atoms with E-state index in [1.165, 1.54) is 41.7 Å². The van der Waals surface area contributed by atoms with E-state index in [-0.39, 0.29) is 18.9 Å². The largest absolute Gasteiger partial charge is 0.467 e. The van der Waals surface area contributed by atoms with Crippen LogP contribution in [0.25, 0.3) is 0 Å². The SMILES string of the molecule is COC(=O)C(C)(C)NC(=O)C(C)NC(=O)C(C)(C)NC(=O)CCCNC(=O)OC(C)(C)C. The molecule has 184 valence electrons. The van der Waals surface area contributed by atoms with Gasteiger partial charge in [-0.3, -0.25) is 14.4 Å². The van der Waals surface area contributed by atoms with Crippen LogP contribution in [-0.2, 0) is 28.7 Å². The van der Waals surface area contributed by atoms with Crippen LogP contribution >= 0.6 is 0 Å². The molecule has 0 saturated heterocycles. The van der Waals surface area contributed by atoms with Crippen molar-refractivity contribution in [2.75, 3.05) is 13.7 Å². The predicted octanol–water partition coefficient (Wildman–Crippen LogP) is 0.759. The second-order valence-corrected chi connectivity index (χ2v) is 9.51. The van der Waals surface area contributed by atoms with E-state index < -0.39 is 46.6 Å². The van der Waals surface area contributed by atoms with Gasteiger partial charge in [-0.25, -0.2) is 9.59 Å². The lowest BCUT2D eigenvalue weighted by molar-refractivity contribution is -0.149. The first-order valence-electron chi connectivity index (χ1n) is 10.4. The molecule has 0 aliphatic heterocycles. The molecular weight excluding hydrogens is 420 g/mol. The molecule has 0 aromatic rings. The van der Waals surface area contributed by atoms with Crippen LogP contribution in [0.4, 0.5) is 4.79 Å². The highest BCUT2D eigenvalue weighted by molar-refractivity contribution is 5.95. The van der Waals surface area contributed by atoms with Gasteiger partial charge in [-0.05, 0) is 61.8 Å². The van der Waals surface area contributed by atoms with E-state index in [1.54, 1.807) is 20.8 Å². The molecule has 0 aliphatic rings. The van der Waals surface area contributed by atoms with Crippen LogP contribution in [-0.4, -0.2) is 66.2 Å². The first-order valence-corrected chi connectivity index (χ1v) is 10.4. The van der Waals surface area contributed by atoms with Crippen molar-refractivity contribution in [3.63, 3.8) is 0 Å². The van der Waals surface area contributed by atoms with Crippen molar-refractivity contribution in [3.8, 4) is 0 Å². The molecule has 32 heavy (non-hydrogen) atoms. The molecule has 0 rings (SSSR count). The van der Waals surface area contributed by atoms with Gasteiger partial charge in [0.05, 0.1) is 7.11 Å².